The van der Waals surface area contributed by atoms with Gasteiger partial charge in [-0.15, -0.1) is 0 Å². The van der Waals surface area contributed by atoms with E-state index in [-0.39, 0.29) is 6.04 Å². The number of hydrogen-bond acceptors (Lipinski definition) is 3. The number of methoxy groups -OCH3 is 1. The molecular formula is C13H22N2O. The maximum absolute atomic E-state index is 6.15. The molecule has 0 amide bonds. The monoisotopic (exact) mass is 222 g/mol. The number of nitrogens with one attached hydrogen (secondary N) is 1. The second-order valence-electron chi connectivity index (χ2n) is 4.12. The molecule has 1 rings (SSSR count). The lowest BCUT2D eigenvalue weighted by Gasteiger charge is -2.18. The van der Waals surface area contributed by atoms with Crippen LogP contribution in [0, 0.1) is 13.8 Å². The minimum atomic E-state index is -0.0199. The first-order valence-corrected chi connectivity index (χ1v) is 5.71. The van der Waals surface area contributed by atoms with E-state index >= 15 is 0 Å². The summed E-state index contributed by atoms with van der Waals surface area (Å²) in [6, 6.07) is 4.20. The van der Waals surface area contributed by atoms with Crippen molar-refractivity contribution in [1.82, 2.24) is 5.32 Å². The highest BCUT2D eigenvalue weighted by molar-refractivity contribution is 5.45. The normalized spacial score (nSPS) is 12.6. The molecule has 0 aliphatic rings. The van der Waals surface area contributed by atoms with Crippen molar-refractivity contribution in [3.8, 4) is 5.75 Å². The number of nitrogens with two attached hydrogens (primary N) is 1. The molecule has 0 radical (unpaired) electrons. The predicted molar refractivity (Wildman–Crippen MR) is 67.9 cm³/mol. The van der Waals surface area contributed by atoms with E-state index in [9.17, 15) is 0 Å². The molecular weight excluding hydrogens is 200 g/mol. The largest absolute Gasteiger partial charge is 0.496 e. The molecule has 0 saturated heterocycles. The second-order valence-corrected chi connectivity index (χ2v) is 4.12. The van der Waals surface area contributed by atoms with Crippen LogP contribution in [-0.4, -0.2) is 20.2 Å². The van der Waals surface area contributed by atoms with Gasteiger partial charge in [0.1, 0.15) is 5.75 Å². The van der Waals surface area contributed by atoms with Crippen LogP contribution in [0.25, 0.3) is 0 Å². The molecule has 1 aromatic rings. The molecule has 1 unspecified atom stereocenters. The standard InChI is InChI=1S/C13H22N2O/c1-5-15-8-12(14)11-7-9(2)6-10(3)13(11)16-4/h6-7,12,15H,5,8,14H2,1-4H3. The van der Waals surface area contributed by atoms with Crippen molar-refractivity contribution < 1.29 is 4.74 Å². The van der Waals surface area contributed by atoms with Gasteiger partial charge in [-0.2, -0.15) is 0 Å². The van der Waals surface area contributed by atoms with Gasteiger partial charge in [0, 0.05) is 18.2 Å². The molecule has 0 aromatic heterocycles. The molecule has 0 heterocycles. The summed E-state index contributed by atoms with van der Waals surface area (Å²) < 4.78 is 5.42. The van der Waals surface area contributed by atoms with Gasteiger partial charge >= 0.3 is 0 Å². The van der Waals surface area contributed by atoms with E-state index in [1.807, 2.05) is 0 Å². The Morgan fingerprint density at radius 2 is 2.06 bits per heavy atom. The van der Waals surface area contributed by atoms with Crippen LogP contribution in [0.2, 0.25) is 0 Å². The Balaban J connectivity index is 3.00. The quantitative estimate of drug-likeness (QED) is 0.800. The Morgan fingerprint density at radius 1 is 1.38 bits per heavy atom. The maximum atomic E-state index is 6.15. The number of likely N-dealkylation sites (N-methyl/N-ethyl adjacent to an activating group) is 1. The Kier molecular flexibility index (Phi) is 4.77. The smallest absolute Gasteiger partial charge is 0.126 e. The van der Waals surface area contributed by atoms with Gasteiger partial charge in [-0.25, -0.2) is 0 Å². The molecule has 0 aliphatic heterocycles. The van der Waals surface area contributed by atoms with Crippen molar-refractivity contribution in [3.05, 3.63) is 28.8 Å². The SMILES string of the molecule is CCNCC(N)c1cc(C)cc(C)c1OC. The fourth-order valence-electron chi connectivity index (χ4n) is 1.95. The molecule has 3 N–H and O–H groups in total. The molecule has 0 saturated carbocycles. The van der Waals surface area contributed by atoms with Crippen LogP contribution in [-0.2, 0) is 0 Å². The van der Waals surface area contributed by atoms with Gasteiger partial charge in [0.2, 0.25) is 0 Å². The first-order valence-electron chi connectivity index (χ1n) is 5.71. The molecule has 1 atom stereocenters. The lowest BCUT2D eigenvalue weighted by Crippen LogP contribution is -2.27. The summed E-state index contributed by atoms with van der Waals surface area (Å²) in [6.45, 7) is 7.91. The van der Waals surface area contributed by atoms with Crippen LogP contribution < -0.4 is 15.8 Å². The van der Waals surface area contributed by atoms with Crippen molar-refractivity contribution in [2.24, 2.45) is 5.73 Å². The second kappa shape index (κ2) is 5.87. The topological polar surface area (TPSA) is 47.3 Å². The van der Waals surface area contributed by atoms with Crippen LogP contribution in [0.1, 0.15) is 29.7 Å². The minimum absolute atomic E-state index is 0.0199. The minimum Gasteiger partial charge on any atom is -0.496 e. The van der Waals surface area contributed by atoms with Crippen molar-refractivity contribution in [2.75, 3.05) is 20.2 Å². The van der Waals surface area contributed by atoms with Crippen LogP contribution >= 0.6 is 0 Å². The fourth-order valence-corrected chi connectivity index (χ4v) is 1.95. The van der Waals surface area contributed by atoms with Gasteiger partial charge < -0.3 is 15.8 Å². The Morgan fingerprint density at radius 3 is 2.62 bits per heavy atom. The lowest BCUT2D eigenvalue weighted by atomic mass is 10.00. The Bertz CT molecular complexity index is 350. The highest BCUT2D eigenvalue weighted by Crippen LogP contribution is 2.28. The van der Waals surface area contributed by atoms with E-state index < -0.39 is 0 Å². The van der Waals surface area contributed by atoms with E-state index in [1.165, 1.54) is 5.56 Å². The lowest BCUT2D eigenvalue weighted by molar-refractivity contribution is 0.401. The zero-order valence-corrected chi connectivity index (χ0v) is 10.6. The highest BCUT2D eigenvalue weighted by atomic mass is 16.5. The molecule has 0 bridgehead atoms. The average molecular weight is 222 g/mol. The zero-order chi connectivity index (χ0) is 12.1. The van der Waals surface area contributed by atoms with E-state index in [4.69, 9.17) is 10.5 Å². The molecule has 1 aromatic carbocycles. The first kappa shape index (κ1) is 13.0. The number of aryl methyl sites for hydroxylation is 2. The molecule has 3 heteroatoms. The maximum Gasteiger partial charge on any atom is 0.126 e. The van der Waals surface area contributed by atoms with Gasteiger partial charge in [0.05, 0.1) is 7.11 Å². The van der Waals surface area contributed by atoms with Gasteiger partial charge in [-0.1, -0.05) is 24.6 Å². The summed E-state index contributed by atoms with van der Waals surface area (Å²) in [5.74, 6) is 0.913. The number of benzene rings is 1. The molecule has 0 spiro atoms. The highest BCUT2D eigenvalue weighted by Gasteiger charge is 2.13. The van der Waals surface area contributed by atoms with Crippen molar-refractivity contribution >= 4 is 0 Å². The van der Waals surface area contributed by atoms with Crippen molar-refractivity contribution in [2.45, 2.75) is 26.8 Å². The van der Waals surface area contributed by atoms with Gasteiger partial charge in [0.25, 0.3) is 0 Å². The first-order chi connectivity index (χ1) is 7.60. The van der Waals surface area contributed by atoms with E-state index in [0.717, 1.165) is 30.0 Å². The number of rotatable bonds is 5. The van der Waals surface area contributed by atoms with Crippen molar-refractivity contribution in [3.63, 3.8) is 0 Å². The van der Waals surface area contributed by atoms with E-state index in [1.54, 1.807) is 7.11 Å². The average Bonchev–Trinajstić information content (AvgIpc) is 2.24. The third-order valence-corrected chi connectivity index (χ3v) is 2.67. The molecule has 0 aliphatic carbocycles. The van der Waals surface area contributed by atoms with E-state index in [2.05, 4.69) is 38.2 Å². The summed E-state index contributed by atoms with van der Waals surface area (Å²) in [4.78, 5) is 0. The van der Waals surface area contributed by atoms with Gasteiger partial charge in [-0.05, 0) is 26.0 Å². The van der Waals surface area contributed by atoms with E-state index in [0.29, 0.717) is 0 Å². The molecule has 90 valence electrons. The third kappa shape index (κ3) is 2.97. The molecule has 3 nitrogen and oxygen atoms in total. The summed E-state index contributed by atoms with van der Waals surface area (Å²) in [5.41, 5.74) is 9.60. The number of hydrogen-bond donors (Lipinski definition) is 2. The predicted octanol–water partition coefficient (Wildman–Crippen LogP) is 1.92. The van der Waals surface area contributed by atoms with Crippen molar-refractivity contribution in [1.29, 1.82) is 0 Å². The van der Waals surface area contributed by atoms with Crippen LogP contribution in [0.4, 0.5) is 0 Å². The zero-order valence-electron chi connectivity index (χ0n) is 10.6. The van der Waals surface area contributed by atoms with Crippen LogP contribution in [0.5, 0.6) is 5.75 Å². The van der Waals surface area contributed by atoms with Gasteiger partial charge in [0.15, 0.2) is 0 Å². The Hall–Kier alpha value is -1.06. The fraction of sp³-hybridized carbons (Fsp3) is 0.538. The van der Waals surface area contributed by atoms with Gasteiger partial charge in [-0.3, -0.25) is 0 Å². The summed E-state index contributed by atoms with van der Waals surface area (Å²) >= 11 is 0. The molecule has 0 fully saturated rings. The third-order valence-electron chi connectivity index (χ3n) is 2.67. The summed E-state index contributed by atoms with van der Waals surface area (Å²) in [6.07, 6.45) is 0. The summed E-state index contributed by atoms with van der Waals surface area (Å²) in [7, 11) is 1.70. The molecule has 16 heavy (non-hydrogen) atoms. The Labute approximate surface area is 98.0 Å². The number of ether oxygens (including phenoxy) is 1. The van der Waals surface area contributed by atoms with Crippen LogP contribution in [0.3, 0.4) is 0 Å². The van der Waals surface area contributed by atoms with Crippen LogP contribution in [0.15, 0.2) is 12.1 Å². The summed E-state index contributed by atoms with van der Waals surface area (Å²) in [5, 5.41) is 3.26.